The number of anilines is 1. The van der Waals surface area contributed by atoms with Gasteiger partial charge in [0.05, 0.1) is 10.6 Å². The minimum absolute atomic E-state index is 0.0893. The maximum atomic E-state index is 12.3. The zero-order valence-electron chi connectivity index (χ0n) is 11.0. The molecular formula is C14H12ClNO4S. The Hall–Kier alpha value is -2.05. The minimum atomic E-state index is -3.79. The van der Waals surface area contributed by atoms with Crippen molar-refractivity contribution in [1.82, 2.24) is 0 Å². The van der Waals surface area contributed by atoms with E-state index in [2.05, 4.69) is 4.72 Å². The number of halogens is 1. The third-order valence-corrected chi connectivity index (χ3v) is 4.11. The number of esters is 1. The molecule has 0 spiro atoms. The minimum Gasteiger partial charge on any atom is -0.424 e. The lowest BCUT2D eigenvalue weighted by molar-refractivity contribution is -0.131. The zero-order chi connectivity index (χ0) is 15.5. The molecular weight excluding hydrogens is 314 g/mol. The fraction of sp³-hybridized carbons (Fsp3) is 0.0714. The van der Waals surface area contributed by atoms with E-state index in [0.29, 0.717) is 5.02 Å². The molecule has 0 amide bonds. The van der Waals surface area contributed by atoms with E-state index in [1.807, 2.05) is 0 Å². The average Bonchev–Trinajstić information content (AvgIpc) is 2.42. The highest BCUT2D eigenvalue weighted by Gasteiger charge is 2.17. The first-order valence-electron chi connectivity index (χ1n) is 5.94. The summed E-state index contributed by atoms with van der Waals surface area (Å²) in [6.45, 7) is 1.23. The Morgan fingerprint density at radius 3 is 2.43 bits per heavy atom. The maximum Gasteiger partial charge on any atom is 0.308 e. The third-order valence-electron chi connectivity index (χ3n) is 2.49. The quantitative estimate of drug-likeness (QED) is 0.692. The number of sulfonamides is 1. The van der Waals surface area contributed by atoms with E-state index in [-0.39, 0.29) is 16.3 Å². The van der Waals surface area contributed by atoms with Crippen LogP contribution in [0.3, 0.4) is 0 Å². The van der Waals surface area contributed by atoms with Crippen LogP contribution < -0.4 is 9.46 Å². The smallest absolute Gasteiger partial charge is 0.308 e. The Labute approximate surface area is 127 Å². The number of benzene rings is 2. The molecule has 5 nitrogen and oxygen atoms in total. The van der Waals surface area contributed by atoms with E-state index in [0.717, 1.165) is 0 Å². The van der Waals surface area contributed by atoms with Crippen molar-refractivity contribution >= 4 is 33.3 Å². The Bertz CT molecular complexity index is 760. The second kappa shape index (κ2) is 6.15. The molecule has 0 heterocycles. The van der Waals surface area contributed by atoms with Gasteiger partial charge >= 0.3 is 5.97 Å². The van der Waals surface area contributed by atoms with Crippen molar-refractivity contribution in [3.63, 3.8) is 0 Å². The van der Waals surface area contributed by atoms with E-state index in [1.165, 1.54) is 37.3 Å². The molecule has 0 aliphatic heterocycles. The lowest BCUT2D eigenvalue weighted by atomic mass is 10.3. The number of hydrogen-bond donors (Lipinski definition) is 1. The van der Waals surface area contributed by atoms with Gasteiger partial charge in [0.15, 0.2) is 5.75 Å². The van der Waals surface area contributed by atoms with E-state index >= 15 is 0 Å². The average molecular weight is 326 g/mol. The third kappa shape index (κ3) is 3.96. The second-order valence-corrected chi connectivity index (χ2v) is 6.27. The van der Waals surface area contributed by atoms with Crippen molar-refractivity contribution in [3.05, 3.63) is 53.6 Å². The van der Waals surface area contributed by atoms with Gasteiger partial charge in [0.2, 0.25) is 0 Å². The molecule has 2 rings (SSSR count). The highest BCUT2D eigenvalue weighted by Crippen LogP contribution is 2.30. The molecule has 0 aromatic heterocycles. The van der Waals surface area contributed by atoms with Gasteiger partial charge in [0.1, 0.15) is 0 Å². The summed E-state index contributed by atoms with van der Waals surface area (Å²) in [6.07, 6.45) is 0. The molecule has 0 aliphatic rings. The SMILES string of the molecule is CC(=O)Oc1ccc(Cl)cc1NS(=O)(=O)c1ccccc1. The summed E-state index contributed by atoms with van der Waals surface area (Å²) in [6, 6.07) is 12.1. The van der Waals surface area contributed by atoms with Gasteiger partial charge in [0.25, 0.3) is 10.0 Å². The van der Waals surface area contributed by atoms with Gasteiger partial charge < -0.3 is 4.74 Å². The Balaban J connectivity index is 2.39. The van der Waals surface area contributed by atoms with Crippen LogP contribution in [0.5, 0.6) is 5.75 Å². The molecule has 0 unspecified atom stereocenters. The molecule has 0 bridgehead atoms. The molecule has 7 heteroatoms. The Morgan fingerprint density at radius 1 is 1.14 bits per heavy atom. The lowest BCUT2D eigenvalue weighted by Crippen LogP contribution is -2.14. The van der Waals surface area contributed by atoms with Crippen LogP contribution in [0.15, 0.2) is 53.4 Å². The van der Waals surface area contributed by atoms with Crippen LogP contribution in [-0.4, -0.2) is 14.4 Å². The molecule has 0 radical (unpaired) electrons. The van der Waals surface area contributed by atoms with Crippen LogP contribution in [0.2, 0.25) is 5.02 Å². The van der Waals surface area contributed by atoms with Crippen molar-refractivity contribution in [3.8, 4) is 5.75 Å². The summed E-state index contributed by atoms with van der Waals surface area (Å²) in [5, 5.41) is 0.316. The van der Waals surface area contributed by atoms with Crippen molar-refractivity contribution in [1.29, 1.82) is 0 Å². The molecule has 2 aromatic carbocycles. The summed E-state index contributed by atoms with van der Waals surface area (Å²) in [4.78, 5) is 11.1. The lowest BCUT2D eigenvalue weighted by Gasteiger charge is -2.12. The van der Waals surface area contributed by atoms with E-state index < -0.39 is 16.0 Å². The first-order valence-corrected chi connectivity index (χ1v) is 7.80. The molecule has 0 aliphatic carbocycles. The van der Waals surface area contributed by atoms with E-state index in [4.69, 9.17) is 16.3 Å². The first-order chi connectivity index (χ1) is 9.88. The first kappa shape index (κ1) is 15.3. The van der Waals surface area contributed by atoms with Gasteiger partial charge in [-0.1, -0.05) is 29.8 Å². The summed E-state index contributed by atoms with van der Waals surface area (Å²) in [5.74, 6) is -0.469. The van der Waals surface area contributed by atoms with Gasteiger partial charge in [-0.15, -0.1) is 0 Å². The largest absolute Gasteiger partial charge is 0.424 e. The number of nitrogens with one attached hydrogen (secondary N) is 1. The fourth-order valence-corrected chi connectivity index (χ4v) is 2.88. The molecule has 110 valence electrons. The van der Waals surface area contributed by atoms with Gasteiger partial charge in [-0.05, 0) is 30.3 Å². The van der Waals surface area contributed by atoms with Crippen LogP contribution in [-0.2, 0) is 14.8 Å². The summed E-state index contributed by atoms with van der Waals surface area (Å²) >= 11 is 5.85. The topological polar surface area (TPSA) is 72.5 Å². The summed E-state index contributed by atoms with van der Waals surface area (Å²) in [5.41, 5.74) is 0.0987. The highest BCUT2D eigenvalue weighted by molar-refractivity contribution is 7.92. The van der Waals surface area contributed by atoms with Crippen LogP contribution >= 0.6 is 11.6 Å². The molecule has 1 N–H and O–H groups in total. The Kier molecular flexibility index (Phi) is 4.50. The van der Waals surface area contributed by atoms with Gasteiger partial charge in [0, 0.05) is 11.9 Å². The molecule has 0 fully saturated rings. The highest BCUT2D eigenvalue weighted by atomic mass is 35.5. The maximum absolute atomic E-state index is 12.3. The van der Waals surface area contributed by atoms with Crippen molar-refractivity contribution in [2.75, 3.05) is 4.72 Å². The number of hydrogen-bond acceptors (Lipinski definition) is 4. The van der Waals surface area contributed by atoms with Crippen molar-refractivity contribution in [2.45, 2.75) is 11.8 Å². The number of rotatable bonds is 4. The van der Waals surface area contributed by atoms with Crippen LogP contribution in [0, 0.1) is 0 Å². The van der Waals surface area contributed by atoms with E-state index in [9.17, 15) is 13.2 Å². The molecule has 21 heavy (non-hydrogen) atoms. The van der Waals surface area contributed by atoms with Crippen LogP contribution in [0.1, 0.15) is 6.92 Å². The van der Waals surface area contributed by atoms with Crippen molar-refractivity contribution in [2.24, 2.45) is 0 Å². The molecule has 2 aromatic rings. The zero-order valence-corrected chi connectivity index (χ0v) is 12.6. The number of carbonyl (C=O) groups excluding carboxylic acids is 1. The predicted octanol–water partition coefficient (Wildman–Crippen LogP) is 3.07. The van der Waals surface area contributed by atoms with Gasteiger partial charge in [-0.2, -0.15) is 0 Å². The van der Waals surface area contributed by atoms with Gasteiger partial charge in [-0.25, -0.2) is 8.42 Å². The van der Waals surface area contributed by atoms with E-state index in [1.54, 1.807) is 18.2 Å². The molecule has 0 saturated heterocycles. The van der Waals surface area contributed by atoms with Gasteiger partial charge in [-0.3, -0.25) is 9.52 Å². The van der Waals surface area contributed by atoms with Crippen molar-refractivity contribution < 1.29 is 17.9 Å². The van der Waals surface area contributed by atoms with Crippen LogP contribution in [0.25, 0.3) is 0 Å². The predicted molar refractivity (Wildman–Crippen MR) is 80.0 cm³/mol. The fourth-order valence-electron chi connectivity index (χ4n) is 1.63. The standard InChI is InChI=1S/C14H12ClNO4S/c1-10(17)20-14-8-7-11(15)9-13(14)16-21(18,19)12-5-3-2-4-6-12/h2-9,16H,1H3. The number of carbonyl (C=O) groups is 1. The summed E-state index contributed by atoms with van der Waals surface area (Å²) in [7, 11) is -3.79. The number of ether oxygens (including phenoxy) is 1. The van der Waals surface area contributed by atoms with Crippen LogP contribution in [0.4, 0.5) is 5.69 Å². The molecule has 0 saturated carbocycles. The summed E-state index contributed by atoms with van der Waals surface area (Å²) < 4.78 is 31.8. The monoisotopic (exact) mass is 325 g/mol. The normalized spacial score (nSPS) is 11.0. The molecule has 0 atom stereocenters. The second-order valence-electron chi connectivity index (χ2n) is 4.15. The Morgan fingerprint density at radius 2 is 1.81 bits per heavy atom.